The van der Waals surface area contributed by atoms with E-state index in [1.807, 2.05) is 13.1 Å². The van der Waals surface area contributed by atoms with Crippen molar-refractivity contribution in [3.05, 3.63) is 40.8 Å². The lowest BCUT2D eigenvalue weighted by Gasteiger charge is -1.98. The second-order valence-electron chi connectivity index (χ2n) is 3.48. The van der Waals surface area contributed by atoms with Crippen LogP contribution < -0.4 is 5.73 Å². The zero-order chi connectivity index (χ0) is 11.7. The van der Waals surface area contributed by atoms with Gasteiger partial charge in [-0.1, -0.05) is 11.6 Å². The Morgan fingerprint density at radius 2 is 2.19 bits per heavy atom. The van der Waals surface area contributed by atoms with E-state index in [1.54, 1.807) is 16.8 Å². The van der Waals surface area contributed by atoms with Gasteiger partial charge in [0.05, 0.1) is 16.4 Å². The molecule has 3 nitrogen and oxygen atoms in total. The molecule has 0 bridgehead atoms. The van der Waals surface area contributed by atoms with E-state index in [-0.39, 0.29) is 5.02 Å². The Balaban J connectivity index is 2.46. The molecule has 0 aliphatic carbocycles. The average molecular weight is 240 g/mol. The third-order valence-corrected chi connectivity index (χ3v) is 2.69. The minimum absolute atomic E-state index is 0.0949. The fourth-order valence-electron chi connectivity index (χ4n) is 1.49. The lowest BCUT2D eigenvalue weighted by Crippen LogP contribution is -2.03. The van der Waals surface area contributed by atoms with Crippen molar-refractivity contribution < 1.29 is 4.39 Å². The van der Waals surface area contributed by atoms with Crippen LogP contribution in [0.5, 0.6) is 0 Å². The van der Waals surface area contributed by atoms with Gasteiger partial charge in [-0.05, 0) is 24.3 Å². The maximum Gasteiger partial charge on any atom is 0.141 e. The van der Waals surface area contributed by atoms with Crippen molar-refractivity contribution in [1.29, 1.82) is 0 Å². The molecule has 2 N–H and O–H groups in total. The van der Waals surface area contributed by atoms with Gasteiger partial charge in [-0.25, -0.2) is 4.39 Å². The molecule has 0 saturated heterocycles. The number of rotatable bonds is 2. The number of hydrogen-bond acceptors (Lipinski definition) is 2. The van der Waals surface area contributed by atoms with Crippen molar-refractivity contribution in [3.63, 3.8) is 0 Å². The summed E-state index contributed by atoms with van der Waals surface area (Å²) in [7, 11) is 1.82. The Bertz CT molecular complexity index is 522. The molecule has 16 heavy (non-hydrogen) atoms. The third-order valence-electron chi connectivity index (χ3n) is 2.40. The summed E-state index contributed by atoms with van der Waals surface area (Å²) in [6, 6.07) is 6.39. The molecule has 5 heteroatoms. The van der Waals surface area contributed by atoms with E-state index in [2.05, 4.69) is 5.10 Å². The van der Waals surface area contributed by atoms with Gasteiger partial charge in [-0.15, -0.1) is 0 Å². The van der Waals surface area contributed by atoms with Crippen LogP contribution in [0.2, 0.25) is 5.02 Å². The summed E-state index contributed by atoms with van der Waals surface area (Å²) in [5.74, 6) is -0.430. The molecule has 0 saturated carbocycles. The van der Waals surface area contributed by atoms with E-state index < -0.39 is 5.82 Å². The average Bonchev–Trinajstić information content (AvgIpc) is 2.64. The molecule has 2 rings (SSSR count). The first-order valence-corrected chi connectivity index (χ1v) is 5.18. The summed E-state index contributed by atoms with van der Waals surface area (Å²) in [5, 5.41) is 4.37. The van der Waals surface area contributed by atoms with E-state index in [1.165, 1.54) is 6.07 Å². The highest BCUT2D eigenvalue weighted by Gasteiger charge is 2.08. The third kappa shape index (κ3) is 1.94. The predicted octanol–water partition coefficient (Wildman–Crippen LogP) is 2.34. The van der Waals surface area contributed by atoms with Gasteiger partial charge in [0.25, 0.3) is 0 Å². The van der Waals surface area contributed by atoms with E-state index in [0.29, 0.717) is 6.54 Å². The van der Waals surface area contributed by atoms with Crippen LogP contribution in [-0.4, -0.2) is 9.78 Å². The second kappa shape index (κ2) is 4.23. The first-order chi connectivity index (χ1) is 7.61. The highest BCUT2D eigenvalue weighted by Crippen LogP contribution is 2.24. The molecule has 1 heterocycles. The van der Waals surface area contributed by atoms with Gasteiger partial charge in [0.15, 0.2) is 0 Å². The van der Waals surface area contributed by atoms with E-state index in [9.17, 15) is 4.39 Å². The minimum Gasteiger partial charge on any atom is -0.325 e. The topological polar surface area (TPSA) is 43.8 Å². The van der Waals surface area contributed by atoms with Crippen molar-refractivity contribution in [2.24, 2.45) is 12.8 Å². The maximum atomic E-state index is 13.0. The molecule has 0 fully saturated rings. The van der Waals surface area contributed by atoms with Crippen LogP contribution in [0.15, 0.2) is 24.3 Å². The molecule has 0 aliphatic rings. The van der Waals surface area contributed by atoms with Gasteiger partial charge in [-0.2, -0.15) is 5.10 Å². The summed E-state index contributed by atoms with van der Waals surface area (Å²) in [4.78, 5) is 0. The van der Waals surface area contributed by atoms with Gasteiger partial charge >= 0.3 is 0 Å². The van der Waals surface area contributed by atoms with Gasteiger partial charge in [-0.3, -0.25) is 4.68 Å². The predicted molar refractivity (Wildman–Crippen MR) is 61.5 cm³/mol. The van der Waals surface area contributed by atoms with Gasteiger partial charge in [0, 0.05) is 19.2 Å². The van der Waals surface area contributed by atoms with Crippen molar-refractivity contribution in [1.82, 2.24) is 9.78 Å². The minimum atomic E-state index is -0.430. The first kappa shape index (κ1) is 11.1. The second-order valence-corrected chi connectivity index (χ2v) is 3.88. The zero-order valence-corrected chi connectivity index (χ0v) is 9.50. The van der Waals surface area contributed by atoms with Crippen LogP contribution in [0, 0.1) is 5.82 Å². The summed E-state index contributed by atoms with van der Waals surface area (Å²) >= 11 is 5.71. The van der Waals surface area contributed by atoms with Crippen LogP contribution >= 0.6 is 11.6 Å². The molecule has 2 aromatic rings. The fourth-order valence-corrected chi connectivity index (χ4v) is 1.67. The SMILES string of the molecule is Cn1nc(-c2ccc(F)c(Cl)c2)cc1CN. The number of nitrogens with two attached hydrogens (primary N) is 1. The van der Waals surface area contributed by atoms with Gasteiger partial charge < -0.3 is 5.73 Å². The lowest BCUT2D eigenvalue weighted by atomic mass is 10.1. The Morgan fingerprint density at radius 3 is 2.75 bits per heavy atom. The van der Waals surface area contributed by atoms with E-state index in [0.717, 1.165) is 17.0 Å². The molecule has 1 aromatic carbocycles. The molecule has 0 unspecified atom stereocenters. The molecule has 1 aromatic heterocycles. The number of nitrogens with zero attached hydrogens (tertiary/aromatic N) is 2. The Labute approximate surface area is 97.6 Å². The molecule has 0 aliphatic heterocycles. The normalized spacial score (nSPS) is 10.8. The molecule has 0 atom stereocenters. The smallest absolute Gasteiger partial charge is 0.141 e. The summed E-state index contributed by atoms with van der Waals surface area (Å²) in [6.07, 6.45) is 0. The quantitative estimate of drug-likeness (QED) is 0.874. The van der Waals surface area contributed by atoms with Crippen LogP contribution in [0.25, 0.3) is 11.3 Å². The summed E-state index contributed by atoms with van der Waals surface area (Å²) in [5.41, 5.74) is 7.98. The van der Waals surface area contributed by atoms with Crippen molar-refractivity contribution in [3.8, 4) is 11.3 Å². The Hall–Kier alpha value is -1.39. The number of hydrogen-bond donors (Lipinski definition) is 1. The molecule has 0 radical (unpaired) electrons. The van der Waals surface area contributed by atoms with E-state index >= 15 is 0 Å². The molecular weight excluding hydrogens is 229 g/mol. The number of halogens is 2. The van der Waals surface area contributed by atoms with Crippen LogP contribution in [-0.2, 0) is 13.6 Å². The highest BCUT2D eigenvalue weighted by molar-refractivity contribution is 6.31. The number of benzene rings is 1. The fraction of sp³-hybridized carbons (Fsp3) is 0.182. The zero-order valence-electron chi connectivity index (χ0n) is 8.74. The molecular formula is C11H11ClFN3. The van der Waals surface area contributed by atoms with Crippen molar-refractivity contribution >= 4 is 11.6 Å². The van der Waals surface area contributed by atoms with Crippen molar-refractivity contribution in [2.75, 3.05) is 0 Å². The summed E-state index contributed by atoms with van der Waals surface area (Å²) in [6.45, 7) is 0.415. The molecule has 0 spiro atoms. The monoisotopic (exact) mass is 239 g/mol. The molecule has 0 amide bonds. The Kier molecular flexibility index (Phi) is 2.94. The maximum absolute atomic E-state index is 13.0. The lowest BCUT2D eigenvalue weighted by molar-refractivity contribution is 0.628. The Morgan fingerprint density at radius 1 is 1.44 bits per heavy atom. The highest BCUT2D eigenvalue weighted by atomic mass is 35.5. The van der Waals surface area contributed by atoms with Crippen LogP contribution in [0.4, 0.5) is 4.39 Å². The largest absolute Gasteiger partial charge is 0.325 e. The standard InChI is InChI=1S/C11H11ClFN3/c1-16-8(6-14)5-11(15-16)7-2-3-10(13)9(12)4-7/h2-5H,6,14H2,1H3. The van der Waals surface area contributed by atoms with Crippen molar-refractivity contribution in [2.45, 2.75) is 6.54 Å². The van der Waals surface area contributed by atoms with Crippen LogP contribution in [0.3, 0.4) is 0 Å². The van der Waals surface area contributed by atoms with E-state index in [4.69, 9.17) is 17.3 Å². The first-order valence-electron chi connectivity index (χ1n) is 4.80. The molecule has 84 valence electrons. The number of aryl methyl sites for hydroxylation is 1. The number of aromatic nitrogens is 2. The van der Waals surface area contributed by atoms with Gasteiger partial charge in [0.2, 0.25) is 0 Å². The summed E-state index contributed by atoms with van der Waals surface area (Å²) < 4.78 is 14.7. The van der Waals surface area contributed by atoms with Gasteiger partial charge in [0.1, 0.15) is 5.82 Å². The van der Waals surface area contributed by atoms with Crippen LogP contribution in [0.1, 0.15) is 5.69 Å².